The second-order valence-corrected chi connectivity index (χ2v) is 6.43. The fourth-order valence-electron chi connectivity index (χ4n) is 3.44. The molecule has 1 aromatic heterocycles. The minimum atomic E-state index is 0.119. The highest BCUT2D eigenvalue weighted by molar-refractivity contribution is 4.98. The minimum absolute atomic E-state index is 0.119. The fraction of sp³-hybridized carbons (Fsp3) is 0.812. The molecule has 5 heteroatoms. The van der Waals surface area contributed by atoms with Crippen LogP contribution in [0, 0.1) is 0 Å². The van der Waals surface area contributed by atoms with Gasteiger partial charge in [-0.3, -0.25) is 4.90 Å². The average Bonchev–Trinajstić information content (AvgIpc) is 2.76. The maximum Gasteiger partial charge on any atom is 0.122 e. The normalized spacial score (nSPS) is 24.4. The molecule has 1 aliphatic heterocycles. The highest BCUT2D eigenvalue weighted by Crippen LogP contribution is 2.28. The van der Waals surface area contributed by atoms with Gasteiger partial charge in [0.05, 0.1) is 6.54 Å². The van der Waals surface area contributed by atoms with Crippen molar-refractivity contribution in [3.63, 3.8) is 0 Å². The monoisotopic (exact) mass is 293 g/mol. The van der Waals surface area contributed by atoms with Gasteiger partial charge in [-0.2, -0.15) is 0 Å². The molecule has 0 bridgehead atoms. The fourth-order valence-corrected chi connectivity index (χ4v) is 3.44. The van der Waals surface area contributed by atoms with E-state index < -0.39 is 0 Å². The van der Waals surface area contributed by atoms with Crippen LogP contribution >= 0.6 is 0 Å². The first-order valence-electron chi connectivity index (χ1n) is 8.21. The molecule has 0 spiro atoms. The summed E-state index contributed by atoms with van der Waals surface area (Å²) in [6, 6.07) is 0. The lowest BCUT2D eigenvalue weighted by Crippen LogP contribution is -2.52. The summed E-state index contributed by atoms with van der Waals surface area (Å²) in [6.45, 7) is 7.45. The number of nitrogens with zero attached hydrogens (tertiary/aromatic N) is 4. The van der Waals surface area contributed by atoms with Crippen molar-refractivity contribution < 1.29 is 0 Å². The van der Waals surface area contributed by atoms with E-state index in [9.17, 15) is 0 Å². The van der Waals surface area contributed by atoms with E-state index >= 15 is 0 Å². The summed E-state index contributed by atoms with van der Waals surface area (Å²) in [5.41, 5.74) is 6.33. The lowest BCUT2D eigenvalue weighted by molar-refractivity contribution is 0.0956. The minimum Gasteiger partial charge on any atom is -0.337 e. The molecule has 5 nitrogen and oxygen atoms in total. The summed E-state index contributed by atoms with van der Waals surface area (Å²) in [6.07, 6.45) is 8.69. The van der Waals surface area contributed by atoms with E-state index in [0.29, 0.717) is 0 Å². The number of likely N-dealkylation sites (N-methyl/N-ethyl adjacent to an activating group) is 1. The molecule has 0 aliphatic carbocycles. The Morgan fingerprint density at radius 3 is 2.81 bits per heavy atom. The Hall–Kier alpha value is -0.910. The summed E-state index contributed by atoms with van der Waals surface area (Å²) < 4.78 is 2.10. The van der Waals surface area contributed by atoms with E-state index in [-0.39, 0.29) is 5.54 Å². The van der Waals surface area contributed by atoms with Crippen molar-refractivity contribution in [2.45, 2.75) is 44.7 Å². The Morgan fingerprint density at radius 2 is 2.19 bits per heavy atom. The molecule has 1 atom stereocenters. The van der Waals surface area contributed by atoms with Gasteiger partial charge in [-0.05, 0) is 52.4 Å². The number of hydrogen-bond acceptors (Lipinski definition) is 4. The van der Waals surface area contributed by atoms with E-state index in [2.05, 4.69) is 40.4 Å². The zero-order valence-corrected chi connectivity index (χ0v) is 13.9. The Kier molecular flexibility index (Phi) is 5.79. The first-order chi connectivity index (χ1) is 10.1. The van der Waals surface area contributed by atoms with E-state index in [4.69, 9.17) is 5.73 Å². The summed E-state index contributed by atoms with van der Waals surface area (Å²) in [5, 5.41) is 0. The quantitative estimate of drug-likeness (QED) is 0.862. The van der Waals surface area contributed by atoms with Gasteiger partial charge >= 0.3 is 0 Å². The lowest BCUT2D eigenvalue weighted by atomic mass is 9.89. The molecule has 1 unspecified atom stereocenters. The molecular formula is C16H31N5. The van der Waals surface area contributed by atoms with Crippen molar-refractivity contribution in [3.8, 4) is 0 Å². The topological polar surface area (TPSA) is 50.3 Å². The van der Waals surface area contributed by atoms with Crippen LogP contribution in [0.15, 0.2) is 12.4 Å². The molecule has 2 rings (SSSR count). The Bertz CT molecular complexity index is 430. The Balaban J connectivity index is 2.04. The van der Waals surface area contributed by atoms with Crippen molar-refractivity contribution in [1.82, 2.24) is 19.4 Å². The predicted octanol–water partition coefficient (Wildman–Crippen LogP) is 1.45. The second-order valence-electron chi connectivity index (χ2n) is 6.43. The van der Waals surface area contributed by atoms with Crippen LogP contribution in [0.4, 0.5) is 0 Å². The molecule has 1 aromatic rings. The van der Waals surface area contributed by atoms with E-state index in [1.54, 1.807) is 0 Å². The Labute approximate surface area is 129 Å². The van der Waals surface area contributed by atoms with E-state index in [0.717, 1.165) is 31.9 Å². The third-order valence-electron chi connectivity index (χ3n) is 5.04. The molecule has 2 heterocycles. The van der Waals surface area contributed by atoms with Crippen molar-refractivity contribution >= 4 is 0 Å². The zero-order chi connectivity index (χ0) is 15.3. The molecule has 0 radical (unpaired) electrons. The summed E-state index contributed by atoms with van der Waals surface area (Å²) in [5.74, 6) is 1.11. The lowest BCUT2D eigenvalue weighted by Gasteiger charge is -2.40. The number of likely N-dealkylation sites (tertiary alicyclic amines) is 1. The molecule has 0 saturated carbocycles. The number of aryl methyl sites for hydroxylation is 1. The molecule has 1 fully saturated rings. The summed E-state index contributed by atoms with van der Waals surface area (Å²) in [7, 11) is 4.26. The first-order valence-corrected chi connectivity index (χ1v) is 8.21. The van der Waals surface area contributed by atoms with Gasteiger partial charge in [-0.15, -0.1) is 0 Å². The molecule has 0 aromatic carbocycles. The molecule has 1 aliphatic rings. The summed E-state index contributed by atoms with van der Waals surface area (Å²) in [4.78, 5) is 9.48. The van der Waals surface area contributed by atoms with Gasteiger partial charge in [0.1, 0.15) is 5.82 Å². The molecule has 21 heavy (non-hydrogen) atoms. The molecular weight excluding hydrogens is 262 g/mol. The first kappa shape index (κ1) is 16.5. The van der Waals surface area contributed by atoms with Gasteiger partial charge < -0.3 is 15.2 Å². The van der Waals surface area contributed by atoms with Crippen LogP contribution < -0.4 is 5.73 Å². The number of nitrogens with two attached hydrogens (primary N) is 1. The van der Waals surface area contributed by atoms with Gasteiger partial charge in [0, 0.05) is 31.5 Å². The highest BCUT2D eigenvalue weighted by Gasteiger charge is 2.35. The van der Waals surface area contributed by atoms with Crippen LogP contribution in [-0.2, 0) is 13.6 Å². The van der Waals surface area contributed by atoms with Gasteiger partial charge in [-0.1, -0.05) is 6.92 Å². The third kappa shape index (κ3) is 3.84. The molecule has 120 valence electrons. The second kappa shape index (κ2) is 7.38. The predicted molar refractivity (Wildman–Crippen MR) is 87.0 cm³/mol. The molecule has 2 N–H and O–H groups in total. The molecule has 1 saturated heterocycles. The maximum atomic E-state index is 6.21. The van der Waals surface area contributed by atoms with Crippen LogP contribution in [0.1, 0.15) is 38.4 Å². The SMILES string of the molecule is CCCN1CCCC(CN)(N(C)Cc2nccn2C)CC1. The number of aromatic nitrogens is 2. The van der Waals surface area contributed by atoms with Crippen LogP contribution in [0.3, 0.4) is 0 Å². The Morgan fingerprint density at radius 1 is 1.38 bits per heavy atom. The van der Waals surface area contributed by atoms with E-state index in [1.165, 1.54) is 32.4 Å². The smallest absolute Gasteiger partial charge is 0.122 e. The van der Waals surface area contributed by atoms with Crippen molar-refractivity contribution in [3.05, 3.63) is 18.2 Å². The van der Waals surface area contributed by atoms with Crippen LogP contribution in [0.2, 0.25) is 0 Å². The summed E-state index contributed by atoms with van der Waals surface area (Å²) >= 11 is 0. The highest BCUT2D eigenvalue weighted by atomic mass is 15.2. The molecule has 0 amide bonds. The average molecular weight is 293 g/mol. The van der Waals surface area contributed by atoms with Crippen LogP contribution in [0.5, 0.6) is 0 Å². The van der Waals surface area contributed by atoms with Gasteiger partial charge in [-0.25, -0.2) is 4.98 Å². The van der Waals surface area contributed by atoms with Gasteiger partial charge in [0.2, 0.25) is 0 Å². The zero-order valence-electron chi connectivity index (χ0n) is 13.9. The van der Waals surface area contributed by atoms with Crippen LogP contribution in [0.25, 0.3) is 0 Å². The number of imidazole rings is 1. The van der Waals surface area contributed by atoms with Crippen molar-refractivity contribution in [2.24, 2.45) is 12.8 Å². The number of hydrogen-bond donors (Lipinski definition) is 1. The third-order valence-corrected chi connectivity index (χ3v) is 5.04. The van der Waals surface area contributed by atoms with E-state index in [1.807, 2.05) is 12.4 Å². The maximum absolute atomic E-state index is 6.21. The van der Waals surface area contributed by atoms with Gasteiger partial charge in [0.25, 0.3) is 0 Å². The standard InChI is InChI=1S/C16H31N5/c1-4-9-21-10-5-6-16(14-17,7-11-21)20(3)13-15-18-8-12-19(15)2/h8,12H,4-7,9-11,13-14,17H2,1-3H3. The van der Waals surface area contributed by atoms with Crippen molar-refractivity contribution in [1.29, 1.82) is 0 Å². The largest absolute Gasteiger partial charge is 0.337 e. The van der Waals surface area contributed by atoms with Gasteiger partial charge in [0.15, 0.2) is 0 Å². The van der Waals surface area contributed by atoms with Crippen molar-refractivity contribution in [2.75, 3.05) is 33.2 Å². The van der Waals surface area contributed by atoms with Crippen LogP contribution in [-0.4, -0.2) is 58.1 Å². The number of rotatable bonds is 6.